The molecule has 0 spiro atoms. The number of ether oxygens (including phenoxy) is 2. The standard InChI is InChI=1S/C10H14N2O3/c1-14-7-3-4-8(9(5-7)15-2)12-6-10(11)13/h3-5,12H,6H2,1-2H3,(H2,11,13). The van der Waals surface area contributed by atoms with Gasteiger partial charge in [0.25, 0.3) is 0 Å². The number of amides is 1. The van der Waals surface area contributed by atoms with Crippen molar-refractivity contribution in [3.63, 3.8) is 0 Å². The Labute approximate surface area is 88.2 Å². The Morgan fingerprint density at radius 3 is 2.67 bits per heavy atom. The molecule has 0 aliphatic heterocycles. The third kappa shape index (κ3) is 3.05. The molecule has 0 bridgehead atoms. The van der Waals surface area contributed by atoms with Gasteiger partial charge in [-0.15, -0.1) is 0 Å². The number of rotatable bonds is 5. The molecule has 0 aliphatic carbocycles. The van der Waals surface area contributed by atoms with Crippen LogP contribution in [-0.2, 0) is 4.79 Å². The summed E-state index contributed by atoms with van der Waals surface area (Å²) < 4.78 is 10.2. The molecule has 1 aromatic rings. The van der Waals surface area contributed by atoms with E-state index in [0.717, 1.165) is 0 Å². The molecule has 1 aromatic carbocycles. The highest BCUT2D eigenvalue weighted by atomic mass is 16.5. The van der Waals surface area contributed by atoms with Crippen molar-refractivity contribution in [2.45, 2.75) is 0 Å². The van der Waals surface area contributed by atoms with Crippen LogP contribution in [0.25, 0.3) is 0 Å². The van der Waals surface area contributed by atoms with Gasteiger partial charge in [-0.1, -0.05) is 0 Å². The molecule has 3 N–H and O–H groups in total. The van der Waals surface area contributed by atoms with Gasteiger partial charge >= 0.3 is 0 Å². The molecule has 0 heterocycles. The largest absolute Gasteiger partial charge is 0.497 e. The van der Waals surface area contributed by atoms with Gasteiger partial charge in [-0.25, -0.2) is 0 Å². The highest BCUT2D eigenvalue weighted by molar-refractivity contribution is 5.79. The number of nitrogens with one attached hydrogen (secondary N) is 1. The molecule has 0 atom stereocenters. The average molecular weight is 210 g/mol. The summed E-state index contributed by atoms with van der Waals surface area (Å²) in [4.78, 5) is 10.6. The lowest BCUT2D eigenvalue weighted by molar-refractivity contribution is -0.116. The van der Waals surface area contributed by atoms with Crippen LogP contribution in [0.3, 0.4) is 0 Å². The molecular weight excluding hydrogens is 196 g/mol. The summed E-state index contributed by atoms with van der Waals surface area (Å²) in [5.41, 5.74) is 5.73. The Morgan fingerprint density at radius 1 is 1.40 bits per heavy atom. The smallest absolute Gasteiger partial charge is 0.236 e. The van der Waals surface area contributed by atoms with Crippen LogP contribution < -0.4 is 20.5 Å². The summed E-state index contributed by atoms with van der Waals surface area (Å²) in [6.07, 6.45) is 0. The maximum absolute atomic E-state index is 10.6. The number of nitrogens with two attached hydrogens (primary N) is 1. The predicted octanol–water partition coefficient (Wildman–Crippen LogP) is 0.601. The fraction of sp³-hybridized carbons (Fsp3) is 0.300. The summed E-state index contributed by atoms with van der Waals surface area (Å²) in [6.45, 7) is 0.0721. The van der Waals surface area contributed by atoms with Gasteiger partial charge in [-0.2, -0.15) is 0 Å². The third-order valence-electron chi connectivity index (χ3n) is 1.86. The average Bonchev–Trinajstić information content (AvgIpc) is 2.25. The Balaban J connectivity index is 2.82. The minimum absolute atomic E-state index is 0.0721. The number of carbonyl (C=O) groups excluding carboxylic acids is 1. The maximum Gasteiger partial charge on any atom is 0.236 e. The van der Waals surface area contributed by atoms with Gasteiger partial charge in [0.05, 0.1) is 26.5 Å². The van der Waals surface area contributed by atoms with E-state index in [4.69, 9.17) is 15.2 Å². The maximum atomic E-state index is 10.6. The number of hydrogen-bond donors (Lipinski definition) is 2. The summed E-state index contributed by atoms with van der Waals surface area (Å²) in [5.74, 6) is 0.875. The molecule has 0 aromatic heterocycles. The van der Waals surface area contributed by atoms with Crippen molar-refractivity contribution in [2.24, 2.45) is 5.73 Å². The van der Waals surface area contributed by atoms with Crippen molar-refractivity contribution >= 4 is 11.6 Å². The van der Waals surface area contributed by atoms with Crippen LogP contribution in [0.2, 0.25) is 0 Å². The first-order valence-corrected chi connectivity index (χ1v) is 4.41. The van der Waals surface area contributed by atoms with Crippen molar-refractivity contribution in [2.75, 3.05) is 26.1 Å². The lowest BCUT2D eigenvalue weighted by Gasteiger charge is -2.11. The van der Waals surface area contributed by atoms with E-state index in [0.29, 0.717) is 17.2 Å². The van der Waals surface area contributed by atoms with E-state index in [9.17, 15) is 4.79 Å². The number of carbonyl (C=O) groups is 1. The SMILES string of the molecule is COc1ccc(NCC(N)=O)c(OC)c1. The van der Waals surface area contributed by atoms with E-state index in [1.807, 2.05) is 0 Å². The summed E-state index contributed by atoms with van der Waals surface area (Å²) >= 11 is 0. The van der Waals surface area contributed by atoms with Gasteiger partial charge in [-0.3, -0.25) is 4.79 Å². The summed E-state index contributed by atoms with van der Waals surface area (Å²) in [5, 5.41) is 2.86. The minimum Gasteiger partial charge on any atom is -0.497 e. The first kappa shape index (κ1) is 11.2. The van der Waals surface area contributed by atoms with E-state index in [2.05, 4.69) is 5.32 Å². The number of primary amides is 1. The molecule has 1 rings (SSSR count). The molecule has 15 heavy (non-hydrogen) atoms. The molecule has 0 aliphatic rings. The molecule has 0 unspecified atom stereocenters. The van der Waals surface area contributed by atoms with E-state index in [1.165, 1.54) is 0 Å². The van der Waals surface area contributed by atoms with E-state index in [1.54, 1.807) is 32.4 Å². The normalized spacial score (nSPS) is 9.47. The van der Waals surface area contributed by atoms with Gasteiger partial charge in [0, 0.05) is 6.07 Å². The Morgan fingerprint density at radius 2 is 2.13 bits per heavy atom. The van der Waals surface area contributed by atoms with Crippen molar-refractivity contribution < 1.29 is 14.3 Å². The second kappa shape index (κ2) is 5.09. The number of anilines is 1. The van der Waals surface area contributed by atoms with Crippen molar-refractivity contribution in [1.82, 2.24) is 0 Å². The number of benzene rings is 1. The molecule has 5 nitrogen and oxygen atoms in total. The van der Waals surface area contributed by atoms with Crippen molar-refractivity contribution in [3.05, 3.63) is 18.2 Å². The van der Waals surface area contributed by atoms with Crippen LogP contribution in [-0.4, -0.2) is 26.7 Å². The van der Waals surface area contributed by atoms with Gasteiger partial charge in [-0.05, 0) is 12.1 Å². The Bertz CT molecular complexity index is 353. The Hall–Kier alpha value is -1.91. The van der Waals surface area contributed by atoms with Crippen molar-refractivity contribution in [3.8, 4) is 11.5 Å². The molecule has 5 heteroatoms. The van der Waals surface area contributed by atoms with E-state index in [-0.39, 0.29) is 6.54 Å². The fourth-order valence-electron chi connectivity index (χ4n) is 1.13. The fourth-order valence-corrected chi connectivity index (χ4v) is 1.13. The summed E-state index contributed by atoms with van der Waals surface area (Å²) in [7, 11) is 3.12. The number of hydrogen-bond acceptors (Lipinski definition) is 4. The molecule has 0 saturated carbocycles. The van der Waals surface area contributed by atoms with Gasteiger partial charge < -0.3 is 20.5 Å². The zero-order valence-corrected chi connectivity index (χ0v) is 8.74. The molecular formula is C10H14N2O3. The highest BCUT2D eigenvalue weighted by Crippen LogP contribution is 2.28. The van der Waals surface area contributed by atoms with Crippen LogP contribution in [0.4, 0.5) is 5.69 Å². The van der Waals surface area contributed by atoms with Crippen molar-refractivity contribution in [1.29, 1.82) is 0 Å². The zero-order valence-electron chi connectivity index (χ0n) is 8.74. The van der Waals surface area contributed by atoms with E-state index >= 15 is 0 Å². The first-order valence-electron chi connectivity index (χ1n) is 4.41. The lowest BCUT2D eigenvalue weighted by Crippen LogP contribution is -2.21. The topological polar surface area (TPSA) is 73.6 Å². The second-order valence-electron chi connectivity index (χ2n) is 2.89. The van der Waals surface area contributed by atoms with Gasteiger partial charge in [0.15, 0.2) is 0 Å². The van der Waals surface area contributed by atoms with E-state index < -0.39 is 5.91 Å². The molecule has 0 fully saturated rings. The number of methoxy groups -OCH3 is 2. The second-order valence-corrected chi connectivity index (χ2v) is 2.89. The monoisotopic (exact) mass is 210 g/mol. The van der Waals surface area contributed by atoms with Crippen LogP contribution in [0.15, 0.2) is 18.2 Å². The molecule has 0 saturated heterocycles. The quantitative estimate of drug-likeness (QED) is 0.746. The molecule has 82 valence electrons. The predicted molar refractivity (Wildman–Crippen MR) is 57.2 cm³/mol. The molecule has 1 amide bonds. The zero-order chi connectivity index (χ0) is 11.3. The third-order valence-corrected chi connectivity index (χ3v) is 1.86. The van der Waals surface area contributed by atoms with Gasteiger partial charge in [0.1, 0.15) is 11.5 Å². The Kier molecular flexibility index (Phi) is 3.79. The van der Waals surface area contributed by atoms with Crippen LogP contribution in [0.5, 0.6) is 11.5 Å². The minimum atomic E-state index is -0.423. The van der Waals surface area contributed by atoms with Crippen LogP contribution in [0.1, 0.15) is 0 Å². The lowest BCUT2D eigenvalue weighted by atomic mass is 10.2. The van der Waals surface area contributed by atoms with Crippen LogP contribution >= 0.6 is 0 Å². The van der Waals surface area contributed by atoms with Crippen LogP contribution in [0, 0.1) is 0 Å². The first-order chi connectivity index (χ1) is 7.17. The van der Waals surface area contributed by atoms with Gasteiger partial charge in [0.2, 0.25) is 5.91 Å². The molecule has 0 radical (unpaired) electrons. The highest BCUT2D eigenvalue weighted by Gasteiger charge is 2.04. The summed E-state index contributed by atoms with van der Waals surface area (Å²) in [6, 6.07) is 5.26.